The molecule has 7 heteroatoms. The Morgan fingerprint density at radius 2 is 2.20 bits per heavy atom. The van der Waals surface area contributed by atoms with Gasteiger partial charge in [-0.3, -0.25) is 9.36 Å². The maximum atomic E-state index is 6.03. The second-order valence-electron chi connectivity index (χ2n) is 6.79. The molecule has 3 aromatic rings. The molecule has 0 amide bonds. The van der Waals surface area contributed by atoms with E-state index in [0.717, 1.165) is 48.3 Å². The number of pyridine rings is 1. The summed E-state index contributed by atoms with van der Waals surface area (Å²) in [4.78, 5) is 4.56. The smallest absolute Gasteiger partial charge is 0.157 e. The van der Waals surface area contributed by atoms with Gasteiger partial charge in [0.25, 0.3) is 0 Å². The van der Waals surface area contributed by atoms with Crippen LogP contribution in [0.3, 0.4) is 0 Å². The largest absolute Gasteiger partial charge is 0.372 e. The van der Waals surface area contributed by atoms with Crippen molar-refractivity contribution in [2.45, 2.75) is 38.5 Å². The third kappa shape index (κ3) is 3.17. The fourth-order valence-electron chi connectivity index (χ4n) is 3.60. The third-order valence-corrected chi connectivity index (χ3v) is 4.86. The van der Waals surface area contributed by atoms with Crippen LogP contribution in [0.4, 0.5) is 0 Å². The Morgan fingerprint density at radius 1 is 1.32 bits per heavy atom. The molecule has 1 aliphatic rings. The molecule has 4 rings (SSSR count). The fourth-order valence-corrected chi connectivity index (χ4v) is 3.60. The lowest BCUT2D eigenvalue weighted by Crippen LogP contribution is -2.39. The lowest BCUT2D eigenvalue weighted by molar-refractivity contribution is -0.0112. The molecular formula is C18H24N6O. The van der Waals surface area contributed by atoms with Crippen LogP contribution < -0.4 is 5.32 Å². The summed E-state index contributed by atoms with van der Waals surface area (Å²) in [7, 11) is 3.87. The van der Waals surface area contributed by atoms with Crippen LogP contribution in [-0.4, -0.2) is 37.2 Å². The van der Waals surface area contributed by atoms with Crippen LogP contribution in [0.5, 0.6) is 0 Å². The van der Waals surface area contributed by atoms with Gasteiger partial charge >= 0.3 is 0 Å². The lowest BCUT2D eigenvalue weighted by atomic mass is 9.98. The van der Waals surface area contributed by atoms with Gasteiger partial charge in [0.15, 0.2) is 5.65 Å². The average molecular weight is 340 g/mol. The predicted molar refractivity (Wildman–Crippen MR) is 95.0 cm³/mol. The van der Waals surface area contributed by atoms with Crippen molar-refractivity contribution in [1.29, 1.82) is 0 Å². The molecule has 0 aromatic carbocycles. The summed E-state index contributed by atoms with van der Waals surface area (Å²) in [6.07, 6.45) is 8.10. The van der Waals surface area contributed by atoms with Crippen LogP contribution in [0.25, 0.3) is 11.0 Å². The number of aromatic nitrogens is 5. The molecule has 7 nitrogen and oxygen atoms in total. The topological polar surface area (TPSA) is 69.8 Å². The molecule has 1 saturated heterocycles. The van der Waals surface area contributed by atoms with Gasteiger partial charge in [0.2, 0.25) is 0 Å². The van der Waals surface area contributed by atoms with Gasteiger partial charge in [-0.15, -0.1) is 0 Å². The van der Waals surface area contributed by atoms with Crippen molar-refractivity contribution in [2.75, 3.05) is 6.61 Å². The van der Waals surface area contributed by atoms with Gasteiger partial charge in [-0.2, -0.15) is 10.2 Å². The molecule has 0 unspecified atom stereocenters. The molecule has 1 N–H and O–H groups in total. The van der Waals surface area contributed by atoms with Crippen LogP contribution >= 0.6 is 0 Å². The Kier molecular flexibility index (Phi) is 4.27. The number of hydrogen-bond acceptors (Lipinski definition) is 5. The highest BCUT2D eigenvalue weighted by atomic mass is 16.5. The third-order valence-electron chi connectivity index (χ3n) is 4.86. The molecule has 0 bridgehead atoms. The normalized spacial score (nSPS) is 21.1. The Hall–Kier alpha value is -2.25. The highest BCUT2D eigenvalue weighted by Crippen LogP contribution is 2.28. The lowest BCUT2D eigenvalue weighted by Gasteiger charge is -2.32. The van der Waals surface area contributed by atoms with E-state index in [-0.39, 0.29) is 12.1 Å². The zero-order valence-corrected chi connectivity index (χ0v) is 14.9. The maximum Gasteiger partial charge on any atom is 0.157 e. The first-order valence-electron chi connectivity index (χ1n) is 8.73. The summed E-state index contributed by atoms with van der Waals surface area (Å²) in [5.74, 6) is 0. The zero-order valence-electron chi connectivity index (χ0n) is 14.9. The molecule has 0 saturated carbocycles. The van der Waals surface area contributed by atoms with Gasteiger partial charge < -0.3 is 10.1 Å². The molecule has 1 aliphatic heterocycles. The van der Waals surface area contributed by atoms with Crippen molar-refractivity contribution < 1.29 is 4.74 Å². The number of fused-ring (bicyclic) bond motifs is 1. The summed E-state index contributed by atoms with van der Waals surface area (Å²) < 4.78 is 9.68. The number of nitrogens with zero attached hydrogens (tertiary/aromatic N) is 5. The first-order chi connectivity index (χ1) is 12.1. The zero-order chi connectivity index (χ0) is 17.4. The summed E-state index contributed by atoms with van der Waals surface area (Å²) in [5.41, 5.74) is 4.24. The maximum absolute atomic E-state index is 6.03. The minimum absolute atomic E-state index is 0.0549. The average Bonchev–Trinajstić information content (AvgIpc) is 3.17. The number of ether oxygens (including phenoxy) is 1. The van der Waals surface area contributed by atoms with Gasteiger partial charge in [-0.25, -0.2) is 4.98 Å². The number of nitrogens with one attached hydrogen (secondary N) is 1. The van der Waals surface area contributed by atoms with E-state index in [1.807, 2.05) is 49.0 Å². The van der Waals surface area contributed by atoms with Gasteiger partial charge in [-0.05, 0) is 31.4 Å². The van der Waals surface area contributed by atoms with Gasteiger partial charge in [0.05, 0.1) is 11.9 Å². The van der Waals surface area contributed by atoms with Crippen molar-refractivity contribution >= 4 is 11.0 Å². The van der Waals surface area contributed by atoms with Crippen LogP contribution in [0, 0.1) is 6.92 Å². The molecule has 25 heavy (non-hydrogen) atoms. The van der Waals surface area contributed by atoms with Crippen molar-refractivity contribution in [1.82, 2.24) is 29.9 Å². The van der Waals surface area contributed by atoms with Crippen LogP contribution in [0.1, 0.15) is 35.8 Å². The van der Waals surface area contributed by atoms with E-state index < -0.39 is 0 Å². The van der Waals surface area contributed by atoms with Crippen LogP contribution in [-0.2, 0) is 25.4 Å². The van der Waals surface area contributed by atoms with Gasteiger partial charge in [0.1, 0.15) is 6.10 Å². The van der Waals surface area contributed by atoms with Gasteiger partial charge in [0, 0.05) is 56.6 Å². The number of hydrogen-bond donors (Lipinski definition) is 1. The summed E-state index contributed by atoms with van der Waals surface area (Å²) in [6, 6.07) is 2.46. The number of rotatable bonds is 4. The molecule has 3 aromatic heterocycles. The molecule has 4 heterocycles. The SMILES string of the molecule is Cc1nn(C)c2ncc(CN[C@H]3CCCO[C@@H]3c3cnn(C)c3)cc12. The van der Waals surface area contributed by atoms with E-state index in [4.69, 9.17) is 4.74 Å². The predicted octanol–water partition coefficient (Wildman–Crippen LogP) is 2.02. The fraction of sp³-hybridized carbons (Fsp3) is 0.500. The quantitative estimate of drug-likeness (QED) is 0.787. The molecule has 132 valence electrons. The minimum Gasteiger partial charge on any atom is -0.372 e. The molecule has 1 fully saturated rings. The first kappa shape index (κ1) is 16.2. The Morgan fingerprint density at radius 3 is 3.00 bits per heavy atom. The summed E-state index contributed by atoms with van der Waals surface area (Å²) >= 11 is 0. The summed E-state index contributed by atoms with van der Waals surface area (Å²) in [5, 5.41) is 13.5. The van der Waals surface area contributed by atoms with Gasteiger partial charge in [-0.1, -0.05) is 0 Å². The monoisotopic (exact) mass is 340 g/mol. The molecule has 2 atom stereocenters. The Labute approximate surface area is 147 Å². The highest BCUT2D eigenvalue weighted by Gasteiger charge is 2.28. The summed E-state index contributed by atoms with van der Waals surface area (Å²) in [6.45, 7) is 3.59. The van der Waals surface area contributed by atoms with E-state index in [1.54, 1.807) is 0 Å². The van der Waals surface area contributed by atoms with Crippen LogP contribution in [0.15, 0.2) is 24.7 Å². The van der Waals surface area contributed by atoms with Crippen LogP contribution in [0.2, 0.25) is 0 Å². The minimum atomic E-state index is 0.0549. The standard InChI is InChI=1S/C18H24N6O/c1-12-15-7-13(9-20-18(15)24(3)22-12)8-19-16-5-4-6-25-17(16)14-10-21-23(2)11-14/h7,9-11,16-17,19H,4-6,8H2,1-3H3/t16-,17+/m0/s1. The Balaban J connectivity index is 1.50. The number of aryl methyl sites for hydroxylation is 3. The second-order valence-corrected chi connectivity index (χ2v) is 6.79. The first-order valence-corrected chi connectivity index (χ1v) is 8.73. The van der Waals surface area contributed by atoms with Crippen molar-refractivity contribution in [3.63, 3.8) is 0 Å². The van der Waals surface area contributed by atoms with Crippen molar-refractivity contribution in [3.8, 4) is 0 Å². The Bertz CT molecular complexity index is 883. The van der Waals surface area contributed by atoms with E-state index in [2.05, 4.69) is 26.6 Å². The van der Waals surface area contributed by atoms with E-state index >= 15 is 0 Å². The second kappa shape index (κ2) is 6.57. The van der Waals surface area contributed by atoms with Crippen molar-refractivity contribution in [2.24, 2.45) is 14.1 Å². The molecule has 0 spiro atoms. The van der Waals surface area contributed by atoms with E-state index in [1.165, 1.54) is 5.56 Å². The highest BCUT2D eigenvalue weighted by molar-refractivity contribution is 5.78. The molecule has 0 aliphatic carbocycles. The van der Waals surface area contributed by atoms with E-state index in [9.17, 15) is 0 Å². The van der Waals surface area contributed by atoms with E-state index in [0.29, 0.717) is 0 Å². The molecule has 0 radical (unpaired) electrons. The molecular weight excluding hydrogens is 316 g/mol. The van der Waals surface area contributed by atoms with Crippen molar-refractivity contribution in [3.05, 3.63) is 41.5 Å².